The number of nitrogens with one attached hydrogen (secondary N) is 1. The monoisotopic (exact) mass is 384 g/mol. The highest BCUT2D eigenvalue weighted by molar-refractivity contribution is 7.89. The molecule has 2 aromatic rings. The van der Waals surface area contributed by atoms with Gasteiger partial charge in [-0.3, -0.25) is 13.9 Å². The van der Waals surface area contributed by atoms with Crippen LogP contribution in [0.2, 0.25) is 0 Å². The molecule has 1 aliphatic rings. The second kappa shape index (κ2) is 7.00. The lowest BCUT2D eigenvalue weighted by molar-refractivity contribution is 0.0961. The molecule has 6 nitrogen and oxygen atoms in total. The van der Waals surface area contributed by atoms with Gasteiger partial charge in [0.25, 0.3) is 15.9 Å². The van der Waals surface area contributed by atoms with Crippen LogP contribution in [0, 0.1) is 0 Å². The molecule has 0 saturated heterocycles. The average Bonchev–Trinajstić information content (AvgIpc) is 2.64. The Morgan fingerprint density at radius 3 is 2.22 bits per heavy atom. The van der Waals surface area contributed by atoms with E-state index in [1.165, 1.54) is 19.1 Å². The maximum absolute atomic E-state index is 13.1. The third-order valence-corrected chi connectivity index (χ3v) is 6.30. The first-order chi connectivity index (χ1) is 12.7. The Labute approximate surface area is 158 Å². The maximum atomic E-state index is 13.1. The van der Waals surface area contributed by atoms with Gasteiger partial charge in [0, 0.05) is 22.9 Å². The van der Waals surface area contributed by atoms with Crippen molar-refractivity contribution in [2.45, 2.75) is 31.7 Å². The van der Waals surface area contributed by atoms with Crippen molar-refractivity contribution in [1.82, 2.24) is 9.62 Å². The summed E-state index contributed by atoms with van der Waals surface area (Å²) in [6.07, 6.45) is 0. The summed E-state index contributed by atoms with van der Waals surface area (Å²) < 4.78 is 27.3. The summed E-state index contributed by atoms with van der Waals surface area (Å²) in [5, 5.41) is 2.66. The van der Waals surface area contributed by atoms with Crippen LogP contribution in [0.4, 0.5) is 0 Å². The Morgan fingerprint density at radius 1 is 1.00 bits per heavy atom. The highest BCUT2D eigenvalue weighted by atomic mass is 32.2. The van der Waals surface area contributed by atoms with Crippen molar-refractivity contribution >= 4 is 21.7 Å². The number of allylic oxidation sites excluding steroid dienone is 2. The molecule has 0 fully saturated rings. The number of rotatable bonds is 3. The fourth-order valence-electron chi connectivity index (χ4n) is 3.10. The summed E-state index contributed by atoms with van der Waals surface area (Å²) in [7, 11) is -3.91. The van der Waals surface area contributed by atoms with Crippen LogP contribution >= 0.6 is 0 Å². The number of fused-ring (bicyclic) bond motifs is 1. The molecule has 0 spiro atoms. The molecule has 27 heavy (non-hydrogen) atoms. The Hall–Kier alpha value is -2.93. The minimum atomic E-state index is -3.91. The van der Waals surface area contributed by atoms with E-state index in [9.17, 15) is 18.0 Å². The number of benzene rings is 2. The third-order valence-electron chi connectivity index (χ3n) is 4.27. The van der Waals surface area contributed by atoms with Gasteiger partial charge in [-0.15, -0.1) is 0 Å². The van der Waals surface area contributed by atoms with E-state index in [4.69, 9.17) is 0 Å². The normalized spacial score (nSPS) is 17.5. The predicted octanol–water partition coefficient (Wildman–Crippen LogP) is 2.94. The number of ketones is 1. The molecule has 140 valence electrons. The molecule has 1 heterocycles. The van der Waals surface area contributed by atoms with Gasteiger partial charge in [-0.2, -0.15) is 0 Å². The number of hydrogen-bond donors (Lipinski definition) is 1. The van der Waals surface area contributed by atoms with Gasteiger partial charge in [-0.1, -0.05) is 30.3 Å². The molecule has 1 aliphatic heterocycles. The van der Waals surface area contributed by atoms with E-state index in [2.05, 4.69) is 5.32 Å². The molecule has 7 heteroatoms. The molecule has 1 amide bonds. The molecule has 0 saturated carbocycles. The number of carbonyl (C=O) groups excluding carboxylic acids is 2. The molecule has 0 bridgehead atoms. The smallest absolute Gasteiger partial charge is 0.265 e. The molecule has 1 N–H and O–H groups in total. The molecule has 0 unspecified atom stereocenters. The fraction of sp³-hybridized carbons (Fsp3) is 0.200. The van der Waals surface area contributed by atoms with E-state index in [1.54, 1.807) is 56.3 Å². The fourth-order valence-corrected chi connectivity index (χ4v) is 5.01. The van der Waals surface area contributed by atoms with Crippen molar-refractivity contribution in [3.63, 3.8) is 0 Å². The van der Waals surface area contributed by atoms with Crippen molar-refractivity contribution in [3.05, 3.63) is 77.1 Å². The SMILES string of the molecule is CC(NC(=O)c1ccccc1)=C1C(=O)c2ccccc2S(=O)(=O)N1C(C)C. The Bertz CT molecular complexity index is 1040. The molecule has 0 atom stereocenters. The first-order valence-electron chi connectivity index (χ1n) is 8.50. The Morgan fingerprint density at radius 2 is 1.59 bits per heavy atom. The summed E-state index contributed by atoms with van der Waals surface area (Å²) in [5.74, 6) is -0.839. The van der Waals surface area contributed by atoms with Gasteiger partial charge in [0.15, 0.2) is 0 Å². The quantitative estimate of drug-likeness (QED) is 0.825. The van der Waals surface area contributed by atoms with Crippen LogP contribution in [-0.4, -0.2) is 30.5 Å². The van der Waals surface area contributed by atoms with Crippen LogP contribution in [0.1, 0.15) is 41.5 Å². The lowest BCUT2D eigenvalue weighted by atomic mass is 10.1. The van der Waals surface area contributed by atoms with E-state index in [-0.39, 0.29) is 21.9 Å². The number of amides is 1. The van der Waals surface area contributed by atoms with E-state index in [0.29, 0.717) is 5.56 Å². The number of Topliss-reactive ketones (excluding diaryl/α,β-unsaturated/α-hetero) is 1. The zero-order valence-corrected chi connectivity index (χ0v) is 16.1. The van der Waals surface area contributed by atoms with Crippen LogP contribution in [0.5, 0.6) is 0 Å². The van der Waals surface area contributed by atoms with Crippen molar-refractivity contribution in [3.8, 4) is 0 Å². The molecule has 3 rings (SSSR count). The lowest BCUT2D eigenvalue weighted by Gasteiger charge is -2.35. The lowest BCUT2D eigenvalue weighted by Crippen LogP contribution is -2.45. The molecular formula is C20H20N2O4S. The highest BCUT2D eigenvalue weighted by Crippen LogP contribution is 2.34. The topological polar surface area (TPSA) is 83.5 Å². The van der Waals surface area contributed by atoms with Crippen LogP contribution in [0.25, 0.3) is 0 Å². The summed E-state index contributed by atoms with van der Waals surface area (Å²) in [6, 6.07) is 14.1. The van der Waals surface area contributed by atoms with E-state index < -0.39 is 27.8 Å². The molecule has 2 aromatic carbocycles. The van der Waals surface area contributed by atoms with Gasteiger partial charge in [0.1, 0.15) is 5.70 Å². The molecule has 0 aliphatic carbocycles. The summed E-state index contributed by atoms with van der Waals surface area (Å²) in [5.41, 5.74) is 0.686. The van der Waals surface area contributed by atoms with Gasteiger partial charge in [-0.05, 0) is 45.0 Å². The van der Waals surface area contributed by atoms with E-state index >= 15 is 0 Å². The maximum Gasteiger partial charge on any atom is 0.265 e. The number of hydrogen-bond acceptors (Lipinski definition) is 4. The first-order valence-corrected chi connectivity index (χ1v) is 9.94. The van der Waals surface area contributed by atoms with Gasteiger partial charge in [-0.25, -0.2) is 8.42 Å². The minimum absolute atomic E-state index is 0.0189. The zero-order valence-electron chi connectivity index (χ0n) is 15.3. The summed E-state index contributed by atoms with van der Waals surface area (Å²) in [4.78, 5) is 25.5. The van der Waals surface area contributed by atoms with Gasteiger partial charge in [0.2, 0.25) is 5.78 Å². The summed E-state index contributed by atoms with van der Waals surface area (Å²) >= 11 is 0. The van der Waals surface area contributed by atoms with E-state index in [0.717, 1.165) is 4.31 Å². The second-order valence-corrected chi connectivity index (χ2v) is 8.30. The zero-order chi connectivity index (χ0) is 19.8. The van der Waals surface area contributed by atoms with Crippen LogP contribution in [0.15, 0.2) is 70.9 Å². The van der Waals surface area contributed by atoms with Gasteiger partial charge < -0.3 is 5.32 Å². The largest absolute Gasteiger partial charge is 0.324 e. The standard InChI is InChI=1S/C20H20N2O4S/c1-13(2)22-18(14(3)21-20(24)15-9-5-4-6-10-15)19(23)16-11-7-8-12-17(16)27(22,25)26/h4-13H,1-3H3,(H,21,24). The van der Waals surface area contributed by atoms with Crippen molar-refractivity contribution in [1.29, 1.82) is 0 Å². The Kier molecular flexibility index (Phi) is 4.89. The van der Waals surface area contributed by atoms with Crippen molar-refractivity contribution in [2.24, 2.45) is 0 Å². The molecule has 0 radical (unpaired) electrons. The number of carbonyl (C=O) groups is 2. The second-order valence-electron chi connectivity index (χ2n) is 6.51. The summed E-state index contributed by atoms with van der Waals surface area (Å²) in [6.45, 7) is 4.91. The van der Waals surface area contributed by atoms with Crippen LogP contribution in [0.3, 0.4) is 0 Å². The number of sulfonamides is 1. The van der Waals surface area contributed by atoms with Gasteiger partial charge >= 0.3 is 0 Å². The predicted molar refractivity (Wildman–Crippen MR) is 102 cm³/mol. The third kappa shape index (κ3) is 3.26. The van der Waals surface area contributed by atoms with Crippen LogP contribution in [-0.2, 0) is 10.0 Å². The van der Waals surface area contributed by atoms with E-state index in [1.807, 2.05) is 0 Å². The van der Waals surface area contributed by atoms with Gasteiger partial charge in [0.05, 0.1) is 4.90 Å². The molecule has 0 aromatic heterocycles. The van der Waals surface area contributed by atoms with Crippen LogP contribution < -0.4 is 5.32 Å². The van der Waals surface area contributed by atoms with Crippen molar-refractivity contribution < 1.29 is 18.0 Å². The van der Waals surface area contributed by atoms with Crippen molar-refractivity contribution in [2.75, 3.05) is 0 Å². The average molecular weight is 384 g/mol. The first kappa shape index (κ1) is 18.8. The molecular weight excluding hydrogens is 364 g/mol. The minimum Gasteiger partial charge on any atom is -0.324 e. The highest BCUT2D eigenvalue weighted by Gasteiger charge is 2.41. The number of nitrogens with zero attached hydrogens (tertiary/aromatic N) is 1. The Balaban J connectivity index is 2.13.